The molecule has 1 aromatic carbocycles. The van der Waals surface area contributed by atoms with Gasteiger partial charge in [0.25, 0.3) is 0 Å². The predicted molar refractivity (Wildman–Crippen MR) is 80.6 cm³/mol. The molecule has 0 spiro atoms. The zero-order valence-electron chi connectivity index (χ0n) is 11.9. The van der Waals surface area contributed by atoms with Crippen LogP contribution in [0.3, 0.4) is 0 Å². The molecule has 0 radical (unpaired) electrons. The third-order valence-corrected chi connectivity index (χ3v) is 4.72. The third kappa shape index (κ3) is 2.12. The summed E-state index contributed by atoms with van der Waals surface area (Å²) in [6.07, 6.45) is 2.44. The van der Waals surface area contributed by atoms with E-state index in [-0.39, 0.29) is 17.8 Å². The molecule has 1 fully saturated rings. The minimum absolute atomic E-state index is 0.0663. The number of anilines is 1. The molecule has 1 saturated heterocycles. The van der Waals surface area contributed by atoms with Gasteiger partial charge < -0.3 is 15.4 Å². The Labute approximate surface area is 123 Å². The van der Waals surface area contributed by atoms with Gasteiger partial charge in [0, 0.05) is 24.3 Å². The SMILES string of the molecule is O=C1CNN=C2c3ccc(N4CCCC(O)C4)cc3CC12. The van der Waals surface area contributed by atoms with Gasteiger partial charge in [-0.1, -0.05) is 6.07 Å². The molecule has 0 aromatic heterocycles. The van der Waals surface area contributed by atoms with Crippen molar-refractivity contribution in [3.8, 4) is 0 Å². The topological polar surface area (TPSA) is 64.9 Å². The second-order valence-electron chi connectivity index (χ2n) is 6.14. The molecule has 2 atom stereocenters. The zero-order chi connectivity index (χ0) is 14.4. The van der Waals surface area contributed by atoms with Crippen molar-refractivity contribution in [2.24, 2.45) is 11.0 Å². The summed E-state index contributed by atoms with van der Waals surface area (Å²) in [6, 6.07) is 6.33. The molecule has 1 aromatic rings. The molecule has 0 amide bonds. The fourth-order valence-corrected chi connectivity index (χ4v) is 3.62. The summed E-state index contributed by atoms with van der Waals surface area (Å²) in [4.78, 5) is 14.2. The zero-order valence-corrected chi connectivity index (χ0v) is 11.9. The highest BCUT2D eigenvalue weighted by atomic mass is 16.3. The molecule has 2 heterocycles. The molecule has 3 aliphatic rings. The molecule has 0 saturated carbocycles. The van der Waals surface area contributed by atoms with Crippen molar-refractivity contribution < 1.29 is 9.90 Å². The highest BCUT2D eigenvalue weighted by molar-refractivity contribution is 6.18. The molecule has 0 bridgehead atoms. The van der Waals surface area contributed by atoms with Gasteiger partial charge >= 0.3 is 0 Å². The fourth-order valence-electron chi connectivity index (χ4n) is 3.62. The molecular weight excluding hydrogens is 266 g/mol. The third-order valence-electron chi connectivity index (χ3n) is 4.72. The summed E-state index contributed by atoms with van der Waals surface area (Å²) in [5.41, 5.74) is 7.17. The first-order valence-corrected chi connectivity index (χ1v) is 7.62. The Bertz CT molecular complexity index is 626. The molecule has 21 heavy (non-hydrogen) atoms. The monoisotopic (exact) mass is 285 g/mol. The van der Waals surface area contributed by atoms with E-state index in [1.54, 1.807) is 0 Å². The lowest BCUT2D eigenvalue weighted by molar-refractivity contribution is -0.120. The summed E-state index contributed by atoms with van der Waals surface area (Å²) < 4.78 is 0. The highest BCUT2D eigenvalue weighted by Crippen LogP contribution is 2.33. The first-order chi connectivity index (χ1) is 10.2. The van der Waals surface area contributed by atoms with Gasteiger partial charge in [0.15, 0.2) is 5.78 Å². The second kappa shape index (κ2) is 4.84. The van der Waals surface area contributed by atoms with E-state index in [1.165, 1.54) is 5.56 Å². The molecule has 2 aliphatic heterocycles. The van der Waals surface area contributed by atoms with Crippen molar-refractivity contribution in [3.05, 3.63) is 29.3 Å². The van der Waals surface area contributed by atoms with E-state index < -0.39 is 0 Å². The van der Waals surface area contributed by atoms with Crippen LogP contribution in [-0.2, 0) is 11.2 Å². The van der Waals surface area contributed by atoms with E-state index in [0.717, 1.165) is 42.8 Å². The molecular formula is C16H19N3O2. The average molecular weight is 285 g/mol. The van der Waals surface area contributed by atoms with E-state index in [2.05, 4.69) is 33.6 Å². The van der Waals surface area contributed by atoms with Gasteiger partial charge in [-0.2, -0.15) is 5.10 Å². The summed E-state index contributed by atoms with van der Waals surface area (Å²) in [6.45, 7) is 2.03. The summed E-state index contributed by atoms with van der Waals surface area (Å²) in [7, 11) is 0. The van der Waals surface area contributed by atoms with Crippen molar-refractivity contribution in [1.82, 2.24) is 5.43 Å². The number of aliphatic hydroxyl groups excluding tert-OH is 1. The van der Waals surface area contributed by atoms with E-state index in [0.29, 0.717) is 13.1 Å². The molecule has 2 N–H and O–H groups in total. The first-order valence-electron chi connectivity index (χ1n) is 7.62. The van der Waals surface area contributed by atoms with Gasteiger partial charge in [-0.05, 0) is 37.0 Å². The Morgan fingerprint density at radius 1 is 1.38 bits per heavy atom. The number of rotatable bonds is 1. The predicted octanol–water partition coefficient (Wildman–Crippen LogP) is 0.696. The Morgan fingerprint density at radius 2 is 2.29 bits per heavy atom. The quantitative estimate of drug-likeness (QED) is 0.797. The molecule has 4 rings (SSSR count). The number of β-amino-alcohol motifs (C(OH)–C–C–N with tert-alkyl or cyclic N) is 1. The largest absolute Gasteiger partial charge is 0.391 e. The Kier molecular flexibility index (Phi) is 2.96. The van der Waals surface area contributed by atoms with Crippen LogP contribution in [-0.4, -0.2) is 42.3 Å². The van der Waals surface area contributed by atoms with E-state index >= 15 is 0 Å². The van der Waals surface area contributed by atoms with Gasteiger partial charge in [-0.15, -0.1) is 0 Å². The van der Waals surface area contributed by atoms with Gasteiger partial charge in [0.05, 0.1) is 24.3 Å². The average Bonchev–Trinajstić information content (AvgIpc) is 2.87. The van der Waals surface area contributed by atoms with Gasteiger partial charge in [-0.25, -0.2) is 0 Å². The van der Waals surface area contributed by atoms with Crippen LogP contribution < -0.4 is 10.3 Å². The van der Waals surface area contributed by atoms with Crippen LogP contribution >= 0.6 is 0 Å². The van der Waals surface area contributed by atoms with Crippen LogP contribution in [0.4, 0.5) is 5.69 Å². The number of ketones is 1. The summed E-state index contributed by atoms with van der Waals surface area (Å²) in [5.74, 6) is 0.162. The Morgan fingerprint density at radius 3 is 3.14 bits per heavy atom. The minimum Gasteiger partial charge on any atom is -0.391 e. The van der Waals surface area contributed by atoms with Gasteiger partial charge in [-0.3, -0.25) is 4.79 Å². The molecule has 5 heteroatoms. The van der Waals surface area contributed by atoms with Crippen molar-refractivity contribution in [1.29, 1.82) is 0 Å². The van der Waals surface area contributed by atoms with Crippen molar-refractivity contribution in [2.45, 2.75) is 25.4 Å². The smallest absolute Gasteiger partial charge is 0.163 e. The van der Waals surface area contributed by atoms with Crippen LogP contribution in [0.5, 0.6) is 0 Å². The molecule has 5 nitrogen and oxygen atoms in total. The van der Waals surface area contributed by atoms with Crippen molar-refractivity contribution in [3.63, 3.8) is 0 Å². The van der Waals surface area contributed by atoms with Crippen LogP contribution in [0.1, 0.15) is 24.0 Å². The van der Waals surface area contributed by atoms with Gasteiger partial charge in [0.2, 0.25) is 0 Å². The Balaban J connectivity index is 1.65. The molecule has 2 unspecified atom stereocenters. The second-order valence-corrected chi connectivity index (χ2v) is 6.14. The number of piperidine rings is 1. The summed E-state index contributed by atoms with van der Waals surface area (Å²) >= 11 is 0. The van der Waals surface area contributed by atoms with E-state index in [9.17, 15) is 9.90 Å². The lowest BCUT2D eigenvalue weighted by atomic mass is 9.98. The number of hydrazone groups is 1. The fraction of sp³-hybridized carbons (Fsp3) is 0.500. The number of hydrogen-bond donors (Lipinski definition) is 2. The standard InChI is InChI=1S/C16H19N3O2/c20-12-2-1-5-19(9-12)11-3-4-13-10(6-11)7-14-15(21)8-17-18-16(13)14/h3-4,6,12,14,17,20H,1-2,5,7-9H2. The minimum atomic E-state index is -0.232. The number of nitrogens with one attached hydrogen (secondary N) is 1. The van der Waals surface area contributed by atoms with Crippen LogP contribution in [0.2, 0.25) is 0 Å². The lowest BCUT2D eigenvalue weighted by Crippen LogP contribution is -2.38. The Hall–Kier alpha value is -1.88. The van der Waals surface area contributed by atoms with Crippen molar-refractivity contribution >= 4 is 17.2 Å². The first kappa shape index (κ1) is 12.8. The van der Waals surface area contributed by atoms with Crippen LogP contribution in [0.25, 0.3) is 0 Å². The van der Waals surface area contributed by atoms with Crippen LogP contribution in [0.15, 0.2) is 23.3 Å². The summed E-state index contributed by atoms with van der Waals surface area (Å²) in [5, 5.41) is 14.2. The number of Topliss-reactive ketones (excluding diaryl/α,β-unsaturated/α-hetero) is 1. The number of carbonyl (C=O) groups excluding carboxylic acids is 1. The van der Waals surface area contributed by atoms with E-state index in [4.69, 9.17) is 0 Å². The number of benzene rings is 1. The molecule has 110 valence electrons. The number of fused-ring (bicyclic) bond motifs is 3. The number of hydrogen-bond acceptors (Lipinski definition) is 5. The maximum absolute atomic E-state index is 12.0. The lowest BCUT2D eigenvalue weighted by Gasteiger charge is -2.32. The normalized spacial score (nSPS) is 27.8. The van der Waals surface area contributed by atoms with Crippen LogP contribution in [0, 0.1) is 5.92 Å². The number of carbonyl (C=O) groups is 1. The molecule has 1 aliphatic carbocycles. The number of aliphatic hydroxyl groups is 1. The highest BCUT2D eigenvalue weighted by Gasteiger charge is 2.36. The van der Waals surface area contributed by atoms with Gasteiger partial charge in [0.1, 0.15) is 0 Å². The maximum atomic E-state index is 12.0. The number of nitrogens with zero attached hydrogens (tertiary/aromatic N) is 2. The maximum Gasteiger partial charge on any atom is 0.163 e. The van der Waals surface area contributed by atoms with Crippen molar-refractivity contribution in [2.75, 3.05) is 24.5 Å². The van der Waals surface area contributed by atoms with E-state index in [1.807, 2.05) is 0 Å².